The highest BCUT2D eigenvalue weighted by atomic mass is 32.2. The van der Waals surface area contributed by atoms with Crippen LogP contribution in [0.1, 0.15) is 19.8 Å². The van der Waals surface area contributed by atoms with Crippen LogP contribution >= 0.6 is 0 Å². The first-order valence-electron chi connectivity index (χ1n) is 5.29. The SMILES string of the molecule is CCOC(=O)CCS(=O)(=O)NCCCNC. The molecular formula is C9H20N2O4S. The van der Waals surface area contributed by atoms with Gasteiger partial charge in [-0.05, 0) is 26.9 Å². The van der Waals surface area contributed by atoms with E-state index in [1.807, 2.05) is 0 Å². The second-order valence-corrected chi connectivity index (χ2v) is 5.15. The van der Waals surface area contributed by atoms with E-state index in [2.05, 4.69) is 14.8 Å². The van der Waals surface area contributed by atoms with E-state index in [1.165, 1.54) is 0 Å². The van der Waals surface area contributed by atoms with Crippen LogP contribution in [0.15, 0.2) is 0 Å². The Balaban J connectivity index is 3.74. The third kappa shape index (κ3) is 8.63. The molecule has 0 unspecified atom stereocenters. The summed E-state index contributed by atoms with van der Waals surface area (Å²) in [6.45, 7) is 3.09. The fraction of sp³-hybridized carbons (Fsp3) is 0.889. The van der Waals surface area contributed by atoms with Crippen molar-refractivity contribution in [3.8, 4) is 0 Å². The maximum Gasteiger partial charge on any atom is 0.306 e. The number of ether oxygens (including phenoxy) is 1. The first kappa shape index (κ1) is 15.3. The molecule has 0 aliphatic heterocycles. The Bertz CT molecular complexity index is 290. The van der Waals surface area contributed by atoms with Crippen molar-refractivity contribution in [1.29, 1.82) is 0 Å². The summed E-state index contributed by atoms with van der Waals surface area (Å²) < 4.78 is 29.8. The van der Waals surface area contributed by atoms with Gasteiger partial charge in [-0.1, -0.05) is 0 Å². The number of hydrogen-bond acceptors (Lipinski definition) is 5. The van der Waals surface area contributed by atoms with Crippen molar-refractivity contribution in [1.82, 2.24) is 10.0 Å². The van der Waals surface area contributed by atoms with Crippen LogP contribution in [0.2, 0.25) is 0 Å². The normalized spacial score (nSPS) is 11.4. The molecule has 6 nitrogen and oxygen atoms in total. The maximum atomic E-state index is 11.4. The molecule has 0 amide bonds. The first-order chi connectivity index (χ1) is 7.52. The van der Waals surface area contributed by atoms with Gasteiger partial charge >= 0.3 is 5.97 Å². The van der Waals surface area contributed by atoms with Gasteiger partial charge in [-0.3, -0.25) is 4.79 Å². The third-order valence-corrected chi connectivity index (χ3v) is 3.19. The standard InChI is InChI=1S/C9H20N2O4S/c1-3-15-9(12)5-8-16(13,14)11-7-4-6-10-2/h10-11H,3-8H2,1-2H3. The van der Waals surface area contributed by atoms with Gasteiger partial charge in [-0.15, -0.1) is 0 Å². The van der Waals surface area contributed by atoms with Crippen molar-refractivity contribution in [2.24, 2.45) is 0 Å². The first-order valence-corrected chi connectivity index (χ1v) is 6.94. The summed E-state index contributed by atoms with van der Waals surface area (Å²) in [6.07, 6.45) is 0.615. The molecule has 0 saturated carbocycles. The number of carbonyl (C=O) groups excluding carboxylic acids is 1. The van der Waals surface area contributed by atoms with Gasteiger partial charge in [0.15, 0.2) is 0 Å². The number of nitrogens with one attached hydrogen (secondary N) is 2. The lowest BCUT2D eigenvalue weighted by Crippen LogP contribution is -2.30. The molecule has 0 aromatic heterocycles. The molecule has 0 saturated heterocycles. The Kier molecular flexibility index (Phi) is 8.14. The number of sulfonamides is 1. The molecule has 0 fully saturated rings. The molecule has 2 N–H and O–H groups in total. The van der Waals surface area contributed by atoms with Crippen LogP contribution in [0.3, 0.4) is 0 Å². The Hall–Kier alpha value is -0.660. The van der Waals surface area contributed by atoms with Gasteiger partial charge in [-0.2, -0.15) is 0 Å². The molecule has 16 heavy (non-hydrogen) atoms. The third-order valence-electron chi connectivity index (χ3n) is 1.81. The van der Waals surface area contributed by atoms with Crippen molar-refractivity contribution >= 4 is 16.0 Å². The van der Waals surface area contributed by atoms with Crippen molar-refractivity contribution in [3.63, 3.8) is 0 Å². The van der Waals surface area contributed by atoms with Crippen molar-refractivity contribution in [2.75, 3.05) is 32.5 Å². The molecule has 0 atom stereocenters. The van der Waals surface area contributed by atoms with E-state index in [4.69, 9.17) is 0 Å². The van der Waals surface area contributed by atoms with Crippen LogP contribution in [0, 0.1) is 0 Å². The van der Waals surface area contributed by atoms with Crippen LogP contribution in [0.5, 0.6) is 0 Å². The topological polar surface area (TPSA) is 84.5 Å². The average molecular weight is 252 g/mol. The Morgan fingerprint density at radius 1 is 1.31 bits per heavy atom. The van der Waals surface area contributed by atoms with Gasteiger partial charge < -0.3 is 10.1 Å². The van der Waals surface area contributed by atoms with E-state index in [-0.39, 0.29) is 18.8 Å². The average Bonchev–Trinajstić information content (AvgIpc) is 2.22. The van der Waals surface area contributed by atoms with Crippen LogP contribution in [0.4, 0.5) is 0 Å². The molecule has 7 heteroatoms. The molecule has 0 aromatic carbocycles. The van der Waals surface area contributed by atoms with E-state index in [0.29, 0.717) is 6.54 Å². The lowest BCUT2D eigenvalue weighted by Gasteiger charge is -2.06. The highest BCUT2D eigenvalue weighted by molar-refractivity contribution is 7.89. The summed E-state index contributed by atoms with van der Waals surface area (Å²) in [6, 6.07) is 0. The molecule has 0 bridgehead atoms. The zero-order chi connectivity index (χ0) is 12.4. The fourth-order valence-corrected chi connectivity index (χ4v) is 2.05. The number of esters is 1. The van der Waals surface area contributed by atoms with Crippen LogP contribution in [-0.2, 0) is 19.6 Å². The largest absolute Gasteiger partial charge is 0.466 e. The van der Waals surface area contributed by atoms with Crippen molar-refractivity contribution < 1.29 is 17.9 Å². The highest BCUT2D eigenvalue weighted by Gasteiger charge is 2.12. The molecule has 0 aliphatic carbocycles. The molecule has 0 aliphatic rings. The van der Waals surface area contributed by atoms with Gasteiger partial charge in [-0.25, -0.2) is 13.1 Å². The molecule has 96 valence electrons. The Morgan fingerprint density at radius 2 is 2.00 bits per heavy atom. The number of rotatable bonds is 9. The molecule has 0 radical (unpaired) electrons. The monoisotopic (exact) mass is 252 g/mol. The Labute approximate surface area is 96.8 Å². The zero-order valence-electron chi connectivity index (χ0n) is 9.78. The lowest BCUT2D eigenvalue weighted by molar-refractivity contribution is -0.142. The molecule has 0 heterocycles. The van der Waals surface area contributed by atoms with Crippen LogP contribution in [0.25, 0.3) is 0 Å². The van der Waals surface area contributed by atoms with E-state index in [1.54, 1.807) is 14.0 Å². The van der Waals surface area contributed by atoms with E-state index < -0.39 is 16.0 Å². The zero-order valence-corrected chi connectivity index (χ0v) is 10.6. The fourth-order valence-electron chi connectivity index (χ4n) is 1.02. The van der Waals surface area contributed by atoms with E-state index >= 15 is 0 Å². The predicted molar refractivity (Wildman–Crippen MR) is 61.6 cm³/mol. The van der Waals surface area contributed by atoms with Crippen molar-refractivity contribution in [3.05, 3.63) is 0 Å². The van der Waals surface area contributed by atoms with Gasteiger partial charge in [0, 0.05) is 6.54 Å². The number of carbonyl (C=O) groups is 1. The Morgan fingerprint density at radius 3 is 2.56 bits per heavy atom. The smallest absolute Gasteiger partial charge is 0.306 e. The summed E-state index contributed by atoms with van der Waals surface area (Å²) in [5.41, 5.74) is 0. The van der Waals surface area contributed by atoms with Crippen molar-refractivity contribution in [2.45, 2.75) is 19.8 Å². The predicted octanol–water partition coefficient (Wildman–Crippen LogP) is -0.531. The van der Waals surface area contributed by atoms with Gasteiger partial charge in [0.25, 0.3) is 0 Å². The summed E-state index contributed by atoms with van der Waals surface area (Å²) >= 11 is 0. The second kappa shape index (κ2) is 8.49. The molecular weight excluding hydrogens is 232 g/mol. The minimum Gasteiger partial charge on any atom is -0.466 e. The minimum atomic E-state index is -3.35. The van der Waals surface area contributed by atoms with E-state index in [9.17, 15) is 13.2 Å². The number of hydrogen-bond donors (Lipinski definition) is 2. The molecule has 0 aromatic rings. The lowest BCUT2D eigenvalue weighted by atomic mass is 10.4. The van der Waals surface area contributed by atoms with Gasteiger partial charge in [0.05, 0.1) is 18.8 Å². The second-order valence-electron chi connectivity index (χ2n) is 3.23. The molecule has 0 rings (SSSR count). The van der Waals surface area contributed by atoms with Gasteiger partial charge in [0.1, 0.15) is 0 Å². The van der Waals surface area contributed by atoms with Crippen LogP contribution < -0.4 is 10.0 Å². The van der Waals surface area contributed by atoms with E-state index in [0.717, 1.165) is 13.0 Å². The van der Waals surface area contributed by atoms with Crippen LogP contribution in [-0.4, -0.2) is 46.9 Å². The maximum absolute atomic E-state index is 11.4. The summed E-state index contributed by atoms with van der Waals surface area (Å²) in [4.78, 5) is 10.9. The quantitative estimate of drug-likeness (QED) is 0.425. The molecule has 0 spiro atoms. The van der Waals surface area contributed by atoms with Gasteiger partial charge in [0.2, 0.25) is 10.0 Å². The highest BCUT2D eigenvalue weighted by Crippen LogP contribution is 1.93. The summed E-state index contributed by atoms with van der Waals surface area (Å²) in [7, 11) is -1.55. The summed E-state index contributed by atoms with van der Waals surface area (Å²) in [5, 5.41) is 2.91. The summed E-state index contributed by atoms with van der Waals surface area (Å²) in [5.74, 6) is -0.700. The minimum absolute atomic E-state index is 0.102.